The molecule has 0 aliphatic carbocycles. The lowest BCUT2D eigenvalue weighted by Crippen LogP contribution is -2.02. The highest BCUT2D eigenvalue weighted by atomic mass is 16.5. The molecule has 118 valence electrons. The van der Waals surface area contributed by atoms with Crippen LogP contribution in [0.3, 0.4) is 0 Å². The lowest BCUT2D eigenvalue weighted by molar-refractivity contribution is 0.243. The quantitative estimate of drug-likeness (QED) is 0.757. The molecular formula is C18H19N3O2. The molecule has 2 N–H and O–H groups in total. The van der Waals surface area contributed by atoms with Crippen LogP contribution < -0.4 is 10.5 Å². The summed E-state index contributed by atoms with van der Waals surface area (Å²) in [5, 5.41) is 4.00. The molecular weight excluding hydrogens is 290 g/mol. The van der Waals surface area contributed by atoms with Gasteiger partial charge < -0.3 is 15.0 Å². The summed E-state index contributed by atoms with van der Waals surface area (Å²) in [5.41, 5.74) is 8.82. The van der Waals surface area contributed by atoms with Gasteiger partial charge in [-0.1, -0.05) is 41.1 Å². The Morgan fingerprint density at radius 1 is 1.13 bits per heavy atom. The van der Waals surface area contributed by atoms with Gasteiger partial charge in [0.1, 0.15) is 5.75 Å². The van der Waals surface area contributed by atoms with Crippen molar-refractivity contribution in [3.8, 4) is 17.1 Å². The van der Waals surface area contributed by atoms with Gasteiger partial charge in [0.05, 0.1) is 0 Å². The maximum absolute atomic E-state index is 5.67. The monoisotopic (exact) mass is 309 g/mol. The zero-order valence-electron chi connectivity index (χ0n) is 13.0. The van der Waals surface area contributed by atoms with Crippen LogP contribution in [0.25, 0.3) is 11.4 Å². The molecule has 2 aromatic carbocycles. The van der Waals surface area contributed by atoms with E-state index in [9.17, 15) is 0 Å². The predicted molar refractivity (Wildman–Crippen MR) is 88.0 cm³/mol. The van der Waals surface area contributed by atoms with Crippen LogP contribution in [0.5, 0.6) is 5.75 Å². The standard InChI is InChI=1S/C18H19N3O2/c1-13-3-2-4-15(11-13)18-20-17(23-21-18)12-22-16-7-5-14(6-8-16)9-10-19/h2-8,11H,9-10,12,19H2,1H3. The lowest BCUT2D eigenvalue weighted by atomic mass is 10.1. The molecule has 0 radical (unpaired) electrons. The molecule has 0 spiro atoms. The highest BCUT2D eigenvalue weighted by molar-refractivity contribution is 5.55. The van der Waals surface area contributed by atoms with Crippen molar-refractivity contribution in [2.24, 2.45) is 5.73 Å². The molecule has 0 saturated heterocycles. The highest BCUT2D eigenvalue weighted by Crippen LogP contribution is 2.18. The van der Waals surface area contributed by atoms with E-state index < -0.39 is 0 Å². The number of nitrogens with two attached hydrogens (primary N) is 1. The second kappa shape index (κ2) is 7.07. The SMILES string of the molecule is Cc1cccc(-c2noc(COc3ccc(CCN)cc3)n2)c1. The minimum absolute atomic E-state index is 0.245. The first-order chi connectivity index (χ1) is 11.2. The molecule has 1 heterocycles. The highest BCUT2D eigenvalue weighted by Gasteiger charge is 2.09. The zero-order chi connectivity index (χ0) is 16.1. The number of aromatic nitrogens is 2. The fourth-order valence-electron chi connectivity index (χ4n) is 2.28. The van der Waals surface area contributed by atoms with Gasteiger partial charge in [-0.15, -0.1) is 0 Å². The van der Waals surface area contributed by atoms with Crippen LogP contribution in [-0.2, 0) is 13.0 Å². The number of ether oxygens (including phenoxy) is 1. The van der Waals surface area contributed by atoms with Crippen LogP contribution in [0.2, 0.25) is 0 Å². The maximum atomic E-state index is 5.67. The Hall–Kier alpha value is -2.66. The first-order valence-electron chi connectivity index (χ1n) is 7.56. The Morgan fingerprint density at radius 2 is 1.96 bits per heavy atom. The first kappa shape index (κ1) is 15.2. The average Bonchev–Trinajstić information content (AvgIpc) is 3.04. The molecule has 0 fully saturated rings. The number of aryl methyl sites for hydroxylation is 1. The largest absolute Gasteiger partial charge is 0.484 e. The topological polar surface area (TPSA) is 74.2 Å². The second-order valence-electron chi connectivity index (χ2n) is 5.35. The summed E-state index contributed by atoms with van der Waals surface area (Å²) in [6.07, 6.45) is 0.865. The van der Waals surface area contributed by atoms with Crippen molar-refractivity contribution in [2.45, 2.75) is 20.0 Å². The zero-order valence-corrected chi connectivity index (χ0v) is 13.0. The summed E-state index contributed by atoms with van der Waals surface area (Å²) in [5.74, 6) is 1.79. The van der Waals surface area contributed by atoms with Crippen LogP contribution in [-0.4, -0.2) is 16.7 Å². The summed E-state index contributed by atoms with van der Waals surface area (Å²) >= 11 is 0. The van der Waals surface area contributed by atoms with E-state index in [4.69, 9.17) is 15.0 Å². The summed E-state index contributed by atoms with van der Waals surface area (Å²) < 4.78 is 10.9. The third-order valence-corrected chi connectivity index (χ3v) is 3.46. The van der Waals surface area contributed by atoms with E-state index in [1.54, 1.807) is 0 Å². The first-order valence-corrected chi connectivity index (χ1v) is 7.56. The smallest absolute Gasteiger partial charge is 0.264 e. The minimum Gasteiger partial charge on any atom is -0.484 e. The van der Waals surface area contributed by atoms with Gasteiger partial charge in [-0.3, -0.25) is 0 Å². The molecule has 0 aliphatic rings. The van der Waals surface area contributed by atoms with Gasteiger partial charge in [0, 0.05) is 5.56 Å². The van der Waals surface area contributed by atoms with Gasteiger partial charge in [0.25, 0.3) is 5.89 Å². The molecule has 1 aromatic heterocycles. The van der Waals surface area contributed by atoms with Gasteiger partial charge in [0.15, 0.2) is 6.61 Å². The molecule has 0 amide bonds. The summed E-state index contributed by atoms with van der Waals surface area (Å²) in [6.45, 7) is 2.92. The van der Waals surface area contributed by atoms with Crippen LogP contribution >= 0.6 is 0 Å². The van der Waals surface area contributed by atoms with E-state index in [1.807, 2.05) is 55.5 Å². The fraction of sp³-hybridized carbons (Fsp3) is 0.222. The van der Waals surface area contributed by atoms with Crippen LogP contribution in [0.15, 0.2) is 53.1 Å². The van der Waals surface area contributed by atoms with Gasteiger partial charge in [-0.05, 0) is 43.7 Å². The average molecular weight is 309 g/mol. The molecule has 3 rings (SSSR count). The summed E-state index contributed by atoms with van der Waals surface area (Å²) in [7, 11) is 0. The number of hydrogen-bond donors (Lipinski definition) is 1. The fourth-order valence-corrected chi connectivity index (χ4v) is 2.28. The predicted octanol–water partition coefficient (Wildman–Crippen LogP) is 3.13. The third-order valence-electron chi connectivity index (χ3n) is 3.46. The number of rotatable bonds is 6. The summed E-state index contributed by atoms with van der Waals surface area (Å²) in [4.78, 5) is 4.36. The number of hydrogen-bond acceptors (Lipinski definition) is 5. The molecule has 0 saturated carbocycles. The van der Waals surface area contributed by atoms with Crippen molar-refractivity contribution in [2.75, 3.05) is 6.54 Å². The van der Waals surface area contributed by atoms with Crippen molar-refractivity contribution < 1.29 is 9.26 Å². The minimum atomic E-state index is 0.245. The molecule has 0 aliphatic heterocycles. The van der Waals surface area contributed by atoms with Crippen molar-refractivity contribution in [1.82, 2.24) is 10.1 Å². The van der Waals surface area contributed by atoms with Gasteiger partial charge in [0.2, 0.25) is 5.82 Å². The van der Waals surface area contributed by atoms with Crippen molar-refractivity contribution in [3.05, 3.63) is 65.5 Å². The van der Waals surface area contributed by atoms with E-state index in [-0.39, 0.29) is 6.61 Å². The van der Waals surface area contributed by atoms with E-state index in [1.165, 1.54) is 5.56 Å². The Kier molecular flexibility index (Phi) is 4.68. The normalized spacial score (nSPS) is 10.7. The number of nitrogens with zero attached hydrogens (tertiary/aromatic N) is 2. The summed E-state index contributed by atoms with van der Waals surface area (Å²) in [6, 6.07) is 15.8. The molecule has 0 unspecified atom stereocenters. The van der Waals surface area contributed by atoms with Crippen molar-refractivity contribution >= 4 is 0 Å². The molecule has 0 bridgehead atoms. The van der Waals surface area contributed by atoms with Gasteiger partial charge in [-0.25, -0.2) is 0 Å². The van der Waals surface area contributed by atoms with Crippen LogP contribution in [0.1, 0.15) is 17.0 Å². The van der Waals surface area contributed by atoms with Gasteiger partial charge >= 0.3 is 0 Å². The Balaban J connectivity index is 1.63. The van der Waals surface area contributed by atoms with E-state index in [2.05, 4.69) is 10.1 Å². The van der Waals surface area contributed by atoms with Crippen LogP contribution in [0, 0.1) is 6.92 Å². The number of benzene rings is 2. The third kappa shape index (κ3) is 3.96. The van der Waals surface area contributed by atoms with Gasteiger partial charge in [-0.2, -0.15) is 4.98 Å². The lowest BCUT2D eigenvalue weighted by Gasteiger charge is -2.04. The molecule has 0 atom stereocenters. The van der Waals surface area contributed by atoms with Crippen LogP contribution in [0.4, 0.5) is 0 Å². The van der Waals surface area contributed by atoms with E-state index in [0.717, 1.165) is 23.3 Å². The van der Waals surface area contributed by atoms with E-state index in [0.29, 0.717) is 18.3 Å². The second-order valence-corrected chi connectivity index (χ2v) is 5.35. The van der Waals surface area contributed by atoms with Crippen molar-refractivity contribution in [1.29, 1.82) is 0 Å². The molecule has 5 heteroatoms. The molecule has 5 nitrogen and oxygen atoms in total. The Morgan fingerprint density at radius 3 is 2.70 bits per heavy atom. The molecule has 3 aromatic rings. The van der Waals surface area contributed by atoms with Crippen molar-refractivity contribution in [3.63, 3.8) is 0 Å². The Bertz CT molecular complexity index is 766. The van der Waals surface area contributed by atoms with E-state index >= 15 is 0 Å². The Labute approximate surface area is 135 Å². The maximum Gasteiger partial charge on any atom is 0.264 e. The molecule has 23 heavy (non-hydrogen) atoms.